The van der Waals surface area contributed by atoms with Crippen LogP contribution in [-0.2, 0) is 11.2 Å². The summed E-state index contributed by atoms with van der Waals surface area (Å²) < 4.78 is 12.8. The van der Waals surface area contributed by atoms with Gasteiger partial charge in [-0.25, -0.2) is 4.39 Å². The molecule has 1 saturated heterocycles. The van der Waals surface area contributed by atoms with Crippen molar-refractivity contribution in [2.75, 3.05) is 23.3 Å². The van der Waals surface area contributed by atoms with E-state index in [1.807, 2.05) is 24.3 Å². The van der Waals surface area contributed by atoms with E-state index in [0.29, 0.717) is 0 Å². The number of nitrogens with zero attached hydrogens (tertiary/aromatic N) is 1. The molecule has 0 unspecified atom stereocenters. The van der Waals surface area contributed by atoms with Gasteiger partial charge >= 0.3 is 0 Å². The molecule has 22 heavy (non-hydrogen) atoms. The Labute approximate surface area is 129 Å². The number of rotatable bonds is 4. The van der Waals surface area contributed by atoms with Crippen molar-refractivity contribution in [3.8, 4) is 0 Å². The third-order valence-corrected chi connectivity index (χ3v) is 3.90. The quantitative estimate of drug-likeness (QED) is 0.935. The highest BCUT2D eigenvalue weighted by Gasteiger charge is 2.12. The third kappa shape index (κ3) is 3.64. The van der Waals surface area contributed by atoms with E-state index in [2.05, 4.69) is 10.2 Å². The molecule has 114 valence electrons. The number of hydrogen-bond acceptors (Lipinski definition) is 2. The maximum Gasteiger partial charge on any atom is 0.228 e. The molecule has 1 fully saturated rings. The number of carbonyl (C=O) groups is 1. The number of anilines is 2. The highest BCUT2D eigenvalue weighted by Crippen LogP contribution is 2.22. The summed E-state index contributed by atoms with van der Waals surface area (Å²) in [5.74, 6) is -0.387. The SMILES string of the molecule is O=C(Cc1ccc(F)cc1)Nc1ccc(N2CCCC2)cc1. The minimum absolute atomic E-state index is 0.0967. The lowest BCUT2D eigenvalue weighted by atomic mass is 10.1. The van der Waals surface area contributed by atoms with Gasteiger partial charge in [0.15, 0.2) is 0 Å². The van der Waals surface area contributed by atoms with Crippen LogP contribution in [0.3, 0.4) is 0 Å². The molecule has 1 N–H and O–H groups in total. The average Bonchev–Trinajstić information content (AvgIpc) is 3.05. The minimum Gasteiger partial charge on any atom is -0.372 e. The molecule has 0 saturated carbocycles. The molecule has 4 heteroatoms. The van der Waals surface area contributed by atoms with Crippen molar-refractivity contribution in [3.05, 3.63) is 59.9 Å². The highest BCUT2D eigenvalue weighted by atomic mass is 19.1. The molecule has 1 aliphatic heterocycles. The molecule has 2 aromatic carbocycles. The van der Waals surface area contributed by atoms with E-state index in [0.717, 1.165) is 24.3 Å². The molecule has 1 heterocycles. The molecule has 0 atom stereocenters. The zero-order valence-electron chi connectivity index (χ0n) is 12.4. The molecule has 3 rings (SSSR count). The van der Waals surface area contributed by atoms with Crippen LogP contribution in [0.25, 0.3) is 0 Å². The minimum atomic E-state index is -0.290. The molecule has 0 aromatic heterocycles. The first-order valence-electron chi connectivity index (χ1n) is 7.60. The van der Waals surface area contributed by atoms with Crippen LogP contribution < -0.4 is 10.2 Å². The van der Waals surface area contributed by atoms with Crippen LogP contribution in [0, 0.1) is 5.82 Å². The summed E-state index contributed by atoms with van der Waals surface area (Å²) in [4.78, 5) is 14.3. The third-order valence-electron chi connectivity index (χ3n) is 3.90. The second-order valence-corrected chi connectivity index (χ2v) is 5.59. The second-order valence-electron chi connectivity index (χ2n) is 5.59. The Kier molecular flexibility index (Phi) is 4.37. The molecule has 2 aromatic rings. The Hall–Kier alpha value is -2.36. The number of hydrogen-bond donors (Lipinski definition) is 1. The topological polar surface area (TPSA) is 32.3 Å². The lowest BCUT2D eigenvalue weighted by molar-refractivity contribution is -0.115. The van der Waals surface area contributed by atoms with E-state index in [1.165, 1.54) is 30.7 Å². The summed E-state index contributed by atoms with van der Waals surface area (Å²) >= 11 is 0. The van der Waals surface area contributed by atoms with E-state index in [4.69, 9.17) is 0 Å². The molecule has 0 radical (unpaired) electrons. The fourth-order valence-electron chi connectivity index (χ4n) is 2.72. The molecular weight excluding hydrogens is 279 g/mol. The first-order chi connectivity index (χ1) is 10.7. The predicted octanol–water partition coefficient (Wildman–Crippen LogP) is 3.61. The van der Waals surface area contributed by atoms with Crippen molar-refractivity contribution in [2.24, 2.45) is 0 Å². The standard InChI is InChI=1S/C18H19FN2O/c19-15-5-3-14(4-6-15)13-18(22)20-16-7-9-17(10-8-16)21-11-1-2-12-21/h3-10H,1-2,11-13H2,(H,20,22). The predicted molar refractivity (Wildman–Crippen MR) is 86.6 cm³/mol. The molecular formula is C18H19FN2O. The van der Waals surface area contributed by atoms with Gasteiger partial charge in [-0.15, -0.1) is 0 Å². The molecule has 3 nitrogen and oxygen atoms in total. The Morgan fingerprint density at radius 3 is 2.27 bits per heavy atom. The van der Waals surface area contributed by atoms with Crippen LogP contribution >= 0.6 is 0 Å². The Morgan fingerprint density at radius 2 is 1.64 bits per heavy atom. The first kappa shape index (κ1) is 14.6. The number of carbonyl (C=O) groups excluding carboxylic acids is 1. The monoisotopic (exact) mass is 298 g/mol. The van der Waals surface area contributed by atoms with Crippen molar-refractivity contribution in [1.82, 2.24) is 0 Å². The fraction of sp³-hybridized carbons (Fsp3) is 0.278. The van der Waals surface area contributed by atoms with Crippen molar-refractivity contribution in [1.29, 1.82) is 0 Å². The molecule has 0 spiro atoms. The largest absolute Gasteiger partial charge is 0.372 e. The van der Waals surface area contributed by atoms with E-state index >= 15 is 0 Å². The number of amides is 1. The van der Waals surface area contributed by atoms with Gasteiger partial charge < -0.3 is 10.2 Å². The van der Waals surface area contributed by atoms with E-state index in [-0.39, 0.29) is 18.1 Å². The molecule has 0 aliphatic carbocycles. The summed E-state index contributed by atoms with van der Waals surface area (Å²) in [6, 6.07) is 13.9. The molecule has 0 bridgehead atoms. The van der Waals surface area contributed by atoms with Crippen LogP contribution in [0.5, 0.6) is 0 Å². The van der Waals surface area contributed by atoms with Crippen LogP contribution in [0.2, 0.25) is 0 Å². The Bertz CT molecular complexity index is 631. The average molecular weight is 298 g/mol. The number of benzene rings is 2. The summed E-state index contributed by atoms with van der Waals surface area (Å²) in [6.07, 6.45) is 2.74. The van der Waals surface area contributed by atoms with Gasteiger partial charge in [0.2, 0.25) is 5.91 Å². The zero-order valence-corrected chi connectivity index (χ0v) is 12.4. The van der Waals surface area contributed by atoms with Gasteiger partial charge in [-0.1, -0.05) is 12.1 Å². The Balaban J connectivity index is 1.57. The summed E-state index contributed by atoms with van der Waals surface area (Å²) in [6.45, 7) is 2.21. The smallest absolute Gasteiger partial charge is 0.228 e. The number of nitrogens with one attached hydrogen (secondary N) is 1. The maximum atomic E-state index is 12.8. The van der Waals surface area contributed by atoms with Crippen molar-refractivity contribution < 1.29 is 9.18 Å². The fourth-order valence-corrected chi connectivity index (χ4v) is 2.72. The molecule has 1 amide bonds. The van der Waals surface area contributed by atoms with E-state index < -0.39 is 0 Å². The summed E-state index contributed by atoms with van der Waals surface area (Å²) in [7, 11) is 0. The lowest BCUT2D eigenvalue weighted by Gasteiger charge is -2.17. The van der Waals surface area contributed by atoms with Gasteiger partial charge in [0.25, 0.3) is 0 Å². The van der Waals surface area contributed by atoms with Gasteiger partial charge in [-0.05, 0) is 54.8 Å². The van der Waals surface area contributed by atoms with Gasteiger partial charge in [0, 0.05) is 24.5 Å². The van der Waals surface area contributed by atoms with E-state index in [9.17, 15) is 9.18 Å². The van der Waals surface area contributed by atoms with Gasteiger partial charge in [-0.3, -0.25) is 4.79 Å². The van der Waals surface area contributed by atoms with Crippen molar-refractivity contribution >= 4 is 17.3 Å². The van der Waals surface area contributed by atoms with Crippen molar-refractivity contribution in [2.45, 2.75) is 19.3 Å². The van der Waals surface area contributed by atoms with Gasteiger partial charge in [0.1, 0.15) is 5.82 Å². The van der Waals surface area contributed by atoms with Crippen LogP contribution in [0.4, 0.5) is 15.8 Å². The maximum absolute atomic E-state index is 12.8. The lowest BCUT2D eigenvalue weighted by Crippen LogP contribution is -2.18. The van der Waals surface area contributed by atoms with Crippen LogP contribution in [0.15, 0.2) is 48.5 Å². The zero-order chi connectivity index (χ0) is 15.4. The second kappa shape index (κ2) is 6.60. The van der Waals surface area contributed by atoms with Crippen LogP contribution in [-0.4, -0.2) is 19.0 Å². The normalized spacial score (nSPS) is 14.1. The number of halogens is 1. The van der Waals surface area contributed by atoms with Gasteiger partial charge in [-0.2, -0.15) is 0 Å². The Morgan fingerprint density at radius 1 is 1.00 bits per heavy atom. The molecule has 1 aliphatic rings. The van der Waals surface area contributed by atoms with Crippen LogP contribution in [0.1, 0.15) is 18.4 Å². The van der Waals surface area contributed by atoms with Crippen molar-refractivity contribution in [3.63, 3.8) is 0 Å². The van der Waals surface area contributed by atoms with E-state index in [1.54, 1.807) is 12.1 Å². The highest BCUT2D eigenvalue weighted by molar-refractivity contribution is 5.92. The summed E-state index contributed by atoms with van der Waals surface area (Å²) in [5, 5.41) is 2.87. The first-order valence-corrected chi connectivity index (χ1v) is 7.60. The van der Waals surface area contributed by atoms with Gasteiger partial charge in [0.05, 0.1) is 6.42 Å². The summed E-state index contributed by atoms with van der Waals surface area (Å²) in [5.41, 5.74) is 2.79.